The van der Waals surface area contributed by atoms with Crippen LogP contribution in [0.15, 0.2) is 78.9 Å². The van der Waals surface area contributed by atoms with Gasteiger partial charge in [-0.3, -0.25) is 4.57 Å². The quantitative estimate of drug-likeness (QED) is 0.538. The largest absolute Gasteiger partial charge is 0.378 e. The molecule has 28 heavy (non-hydrogen) atoms. The van der Waals surface area contributed by atoms with Gasteiger partial charge < -0.3 is 14.5 Å². The summed E-state index contributed by atoms with van der Waals surface area (Å²) in [4.78, 5) is 1.95. The van der Waals surface area contributed by atoms with E-state index < -0.39 is 13.2 Å². The molecule has 0 aliphatic rings. The summed E-state index contributed by atoms with van der Waals surface area (Å²) < 4.78 is 19.8. The molecular weight excluding hydrogens is 393 g/mol. The molecule has 0 aromatic heterocycles. The Morgan fingerprint density at radius 2 is 1.57 bits per heavy atom. The third-order valence-electron chi connectivity index (χ3n) is 4.48. The van der Waals surface area contributed by atoms with E-state index in [1.165, 1.54) is 0 Å². The van der Waals surface area contributed by atoms with Gasteiger partial charge in [0.15, 0.2) is 5.85 Å². The van der Waals surface area contributed by atoms with E-state index in [2.05, 4.69) is 0 Å². The Bertz CT molecular complexity index is 944. The smallest absolute Gasteiger partial charge is 0.264 e. The number of hydrogen-bond donors (Lipinski definition) is 1. The molecule has 0 saturated heterocycles. The van der Waals surface area contributed by atoms with Crippen LogP contribution in [0.5, 0.6) is 0 Å². The summed E-state index contributed by atoms with van der Waals surface area (Å²) in [7, 11) is 0.246. The van der Waals surface area contributed by atoms with Gasteiger partial charge in [-0.15, -0.1) is 0 Å². The van der Waals surface area contributed by atoms with Crippen LogP contribution >= 0.6 is 19.0 Å². The van der Waals surface area contributed by atoms with Crippen LogP contribution in [0.3, 0.4) is 0 Å². The Hall–Kier alpha value is -2.10. The molecule has 146 valence electrons. The lowest BCUT2D eigenvalue weighted by atomic mass is 10.2. The van der Waals surface area contributed by atoms with Crippen LogP contribution in [-0.4, -0.2) is 19.2 Å². The van der Waals surface area contributed by atoms with Crippen LogP contribution < -0.4 is 10.2 Å². The van der Waals surface area contributed by atoms with E-state index in [0.717, 1.165) is 11.3 Å². The van der Waals surface area contributed by atoms with Crippen LogP contribution in [0.25, 0.3) is 0 Å². The van der Waals surface area contributed by atoms with E-state index in [1.807, 2.05) is 61.5 Å². The highest BCUT2D eigenvalue weighted by Gasteiger charge is 2.36. The van der Waals surface area contributed by atoms with Gasteiger partial charge in [0, 0.05) is 30.1 Å². The molecule has 4 nitrogen and oxygen atoms in total. The van der Waals surface area contributed by atoms with Crippen molar-refractivity contribution in [3.05, 3.63) is 95.0 Å². The number of aliphatic hydroxyl groups is 1. The Kier molecular flexibility index (Phi) is 6.58. The molecule has 3 rings (SSSR count). The van der Waals surface area contributed by atoms with Crippen molar-refractivity contribution in [1.29, 1.82) is 0 Å². The monoisotopic (exact) mass is 415 g/mol. The highest BCUT2D eigenvalue weighted by molar-refractivity contribution is 7.67. The normalized spacial score (nSPS) is 14.3. The van der Waals surface area contributed by atoms with Crippen LogP contribution in [0, 0.1) is 0 Å². The predicted molar refractivity (Wildman–Crippen MR) is 116 cm³/mol. The maximum Gasteiger partial charge on any atom is 0.264 e. The number of nitrogens with zero attached hydrogens (tertiary/aromatic N) is 1. The molecule has 3 aromatic rings. The lowest BCUT2D eigenvalue weighted by Gasteiger charge is -2.25. The number of rotatable bonds is 7. The maximum atomic E-state index is 13.9. The standard InChI is InChI=1S/C22H23ClNO3P/c1-24(2)20-12-14-21(15-13-20)28(26,27-16-17-6-4-3-5-7-17)22(25)18-8-10-19(23)11-9-18/h3-15,22,25H,16H2,1-2H3/t22-,28-/m0/s1. The van der Waals surface area contributed by atoms with Gasteiger partial charge in [0.05, 0.1) is 6.61 Å². The van der Waals surface area contributed by atoms with Gasteiger partial charge in [-0.05, 0) is 47.5 Å². The number of halogens is 1. The molecule has 2 atom stereocenters. The average molecular weight is 416 g/mol. The minimum Gasteiger partial charge on any atom is -0.378 e. The lowest BCUT2D eigenvalue weighted by molar-refractivity contribution is 0.210. The second-order valence-electron chi connectivity index (χ2n) is 6.69. The first kappa shape index (κ1) is 20.6. The van der Waals surface area contributed by atoms with Crippen LogP contribution in [0.4, 0.5) is 5.69 Å². The van der Waals surface area contributed by atoms with E-state index in [9.17, 15) is 9.67 Å². The second kappa shape index (κ2) is 8.93. The van der Waals surface area contributed by atoms with Gasteiger partial charge in [0.2, 0.25) is 0 Å². The van der Waals surface area contributed by atoms with Crippen molar-refractivity contribution in [2.24, 2.45) is 0 Å². The molecule has 0 aliphatic heterocycles. The van der Waals surface area contributed by atoms with E-state index in [4.69, 9.17) is 16.1 Å². The van der Waals surface area contributed by atoms with Crippen molar-refractivity contribution in [1.82, 2.24) is 0 Å². The molecule has 3 aromatic carbocycles. The zero-order valence-corrected chi connectivity index (χ0v) is 17.5. The van der Waals surface area contributed by atoms with Gasteiger partial charge in [-0.1, -0.05) is 54.1 Å². The Morgan fingerprint density at radius 1 is 0.964 bits per heavy atom. The Labute approximate surface area is 170 Å². The second-order valence-corrected chi connectivity index (χ2v) is 9.59. The third-order valence-corrected chi connectivity index (χ3v) is 7.21. The summed E-state index contributed by atoms with van der Waals surface area (Å²) in [5.74, 6) is -1.29. The predicted octanol–water partition coefficient (Wildman–Crippen LogP) is 5.22. The number of benzene rings is 3. The number of hydrogen-bond acceptors (Lipinski definition) is 4. The first-order valence-electron chi connectivity index (χ1n) is 8.90. The third kappa shape index (κ3) is 4.65. The Balaban J connectivity index is 1.96. The molecule has 0 saturated carbocycles. The van der Waals surface area contributed by atoms with Crippen molar-refractivity contribution in [3.8, 4) is 0 Å². The molecule has 0 radical (unpaired) electrons. The lowest BCUT2D eigenvalue weighted by Crippen LogP contribution is -2.16. The molecule has 0 amide bonds. The zero-order valence-electron chi connectivity index (χ0n) is 15.8. The van der Waals surface area contributed by atoms with Gasteiger partial charge in [0.1, 0.15) is 0 Å². The summed E-state index contributed by atoms with van der Waals surface area (Å²) in [6, 6.07) is 23.4. The molecule has 0 spiro atoms. The fraction of sp³-hybridized carbons (Fsp3) is 0.182. The van der Waals surface area contributed by atoms with Gasteiger partial charge in [0.25, 0.3) is 7.37 Å². The summed E-state index contributed by atoms with van der Waals surface area (Å²) in [5, 5.41) is 12.0. The highest BCUT2D eigenvalue weighted by Crippen LogP contribution is 2.58. The molecule has 6 heteroatoms. The van der Waals surface area contributed by atoms with Crippen LogP contribution in [0.2, 0.25) is 5.02 Å². The van der Waals surface area contributed by atoms with Gasteiger partial charge in [-0.25, -0.2) is 0 Å². The van der Waals surface area contributed by atoms with E-state index >= 15 is 0 Å². The average Bonchev–Trinajstić information content (AvgIpc) is 2.73. The van der Waals surface area contributed by atoms with Crippen LogP contribution in [0.1, 0.15) is 17.0 Å². The fourth-order valence-corrected chi connectivity index (χ4v) is 4.99. The Morgan fingerprint density at radius 3 is 2.14 bits per heavy atom. The molecule has 0 unspecified atom stereocenters. The van der Waals surface area contributed by atoms with Crippen molar-refractivity contribution in [3.63, 3.8) is 0 Å². The summed E-state index contributed by atoms with van der Waals surface area (Å²) in [6.07, 6.45) is 0. The SMILES string of the molecule is CN(C)c1ccc([P@](=O)(OCc2ccccc2)[C@H](O)c2ccc(Cl)cc2)cc1. The highest BCUT2D eigenvalue weighted by atomic mass is 35.5. The topological polar surface area (TPSA) is 49.8 Å². The van der Waals surface area contributed by atoms with E-state index in [0.29, 0.717) is 15.9 Å². The summed E-state index contributed by atoms with van der Waals surface area (Å²) in [6.45, 7) is 0.137. The van der Waals surface area contributed by atoms with Crippen LogP contribution in [-0.2, 0) is 15.7 Å². The van der Waals surface area contributed by atoms with Crippen molar-refractivity contribution in [2.45, 2.75) is 12.5 Å². The van der Waals surface area contributed by atoms with E-state index in [-0.39, 0.29) is 6.61 Å². The molecular formula is C22H23ClNO3P. The summed E-state index contributed by atoms with van der Waals surface area (Å²) >= 11 is 5.95. The summed E-state index contributed by atoms with van der Waals surface area (Å²) in [5.41, 5.74) is 2.35. The molecule has 0 fully saturated rings. The van der Waals surface area contributed by atoms with Crippen molar-refractivity contribution >= 4 is 30.0 Å². The van der Waals surface area contributed by atoms with Crippen molar-refractivity contribution < 1.29 is 14.2 Å². The molecule has 1 N–H and O–H groups in total. The zero-order chi connectivity index (χ0) is 20.1. The molecule has 0 bridgehead atoms. The number of anilines is 1. The molecule has 0 aliphatic carbocycles. The first-order chi connectivity index (χ1) is 13.4. The minimum atomic E-state index is -3.62. The first-order valence-corrected chi connectivity index (χ1v) is 11.0. The van der Waals surface area contributed by atoms with Gasteiger partial charge >= 0.3 is 0 Å². The number of aliphatic hydroxyl groups excluding tert-OH is 1. The molecule has 0 heterocycles. The van der Waals surface area contributed by atoms with Crippen molar-refractivity contribution in [2.75, 3.05) is 19.0 Å². The maximum absolute atomic E-state index is 13.9. The van der Waals surface area contributed by atoms with E-state index in [1.54, 1.807) is 36.4 Å². The minimum absolute atomic E-state index is 0.137. The van der Waals surface area contributed by atoms with Gasteiger partial charge in [-0.2, -0.15) is 0 Å². The fourth-order valence-electron chi connectivity index (χ4n) is 2.82.